The molecule has 0 saturated heterocycles. The number of rotatable bonds is 13. The van der Waals surface area contributed by atoms with E-state index in [2.05, 4.69) is 16.0 Å². The Kier molecular flexibility index (Phi) is 12.3. The first-order chi connectivity index (χ1) is 14.2. The van der Waals surface area contributed by atoms with Crippen LogP contribution < -0.4 is 21.7 Å². The van der Waals surface area contributed by atoms with Crippen molar-refractivity contribution in [1.82, 2.24) is 16.0 Å². The highest BCUT2D eigenvalue weighted by atomic mass is 16.4. The summed E-state index contributed by atoms with van der Waals surface area (Å²) in [5.74, 6) is -3.84. The van der Waals surface area contributed by atoms with E-state index in [4.69, 9.17) is 5.73 Å². The molecule has 0 saturated carbocycles. The molecule has 31 heavy (non-hydrogen) atoms. The molecule has 0 aliphatic heterocycles. The van der Waals surface area contributed by atoms with Gasteiger partial charge in [0.1, 0.15) is 18.1 Å². The van der Waals surface area contributed by atoms with E-state index >= 15 is 0 Å². The van der Waals surface area contributed by atoms with Crippen molar-refractivity contribution in [3.63, 3.8) is 0 Å². The fourth-order valence-corrected chi connectivity index (χ4v) is 2.78. The van der Waals surface area contributed by atoms with Crippen LogP contribution in [0.25, 0.3) is 0 Å². The summed E-state index contributed by atoms with van der Waals surface area (Å²) in [4.78, 5) is 49.2. The zero-order valence-corrected chi connectivity index (χ0v) is 19.1. The predicted octanol–water partition coefficient (Wildman–Crippen LogP) is -1.29. The standard InChI is InChI=1S/C20H38N4O7/c1-7-10(4)15(23-18(28)14(21)11(5)25)19(29)22-13(8-9(2)3)17(27)24-16(12(6)26)20(30)31/h9-16,25-26H,7-8,21H2,1-6H3,(H,22,29)(H,23,28)(H,24,27)(H,30,31). The monoisotopic (exact) mass is 446 g/mol. The van der Waals surface area contributed by atoms with Crippen LogP contribution in [0.3, 0.4) is 0 Å². The topological polar surface area (TPSA) is 191 Å². The average molecular weight is 447 g/mol. The van der Waals surface area contributed by atoms with E-state index in [-0.39, 0.29) is 18.3 Å². The summed E-state index contributed by atoms with van der Waals surface area (Å²) < 4.78 is 0. The molecule has 0 rings (SSSR count). The van der Waals surface area contributed by atoms with Gasteiger partial charge in [0, 0.05) is 0 Å². The average Bonchev–Trinajstić information content (AvgIpc) is 2.66. The number of carboxylic acids is 1. The predicted molar refractivity (Wildman–Crippen MR) is 114 cm³/mol. The molecule has 0 aromatic carbocycles. The van der Waals surface area contributed by atoms with Crippen molar-refractivity contribution in [2.45, 2.75) is 90.8 Å². The van der Waals surface area contributed by atoms with Crippen LogP contribution in [-0.2, 0) is 19.2 Å². The normalized spacial score (nSPS) is 18.1. The third-order valence-electron chi connectivity index (χ3n) is 5.00. The van der Waals surface area contributed by atoms with Crippen LogP contribution in [0, 0.1) is 11.8 Å². The molecule has 7 unspecified atom stereocenters. The molecule has 0 aromatic heterocycles. The molecule has 11 nitrogen and oxygen atoms in total. The quantitative estimate of drug-likeness (QED) is 0.182. The number of aliphatic hydroxyl groups is 2. The molecule has 0 aliphatic rings. The minimum atomic E-state index is -1.53. The maximum Gasteiger partial charge on any atom is 0.328 e. The van der Waals surface area contributed by atoms with Crippen LogP contribution in [-0.4, -0.2) is 75.4 Å². The third-order valence-corrected chi connectivity index (χ3v) is 5.00. The summed E-state index contributed by atoms with van der Waals surface area (Å²) in [7, 11) is 0. The first kappa shape index (κ1) is 28.8. The number of aliphatic hydroxyl groups excluding tert-OH is 2. The number of carbonyl (C=O) groups is 4. The van der Waals surface area contributed by atoms with E-state index in [1.54, 1.807) is 6.92 Å². The van der Waals surface area contributed by atoms with Gasteiger partial charge in [-0.15, -0.1) is 0 Å². The van der Waals surface area contributed by atoms with Crippen molar-refractivity contribution in [3.05, 3.63) is 0 Å². The van der Waals surface area contributed by atoms with Gasteiger partial charge in [-0.2, -0.15) is 0 Å². The Hall–Kier alpha value is -2.24. The van der Waals surface area contributed by atoms with Gasteiger partial charge in [0.25, 0.3) is 0 Å². The van der Waals surface area contributed by atoms with Crippen LogP contribution in [0.4, 0.5) is 0 Å². The zero-order valence-electron chi connectivity index (χ0n) is 19.1. The lowest BCUT2D eigenvalue weighted by molar-refractivity contribution is -0.145. The Morgan fingerprint density at radius 3 is 1.71 bits per heavy atom. The molecular formula is C20H38N4O7. The summed E-state index contributed by atoms with van der Waals surface area (Å²) in [5.41, 5.74) is 5.64. The minimum Gasteiger partial charge on any atom is -0.480 e. The number of nitrogens with two attached hydrogens (primary N) is 1. The summed E-state index contributed by atoms with van der Waals surface area (Å²) in [5, 5.41) is 35.6. The van der Waals surface area contributed by atoms with Crippen molar-refractivity contribution >= 4 is 23.7 Å². The molecule has 3 amide bonds. The van der Waals surface area contributed by atoms with Gasteiger partial charge in [-0.1, -0.05) is 34.1 Å². The molecule has 0 spiro atoms. The molecule has 8 N–H and O–H groups in total. The van der Waals surface area contributed by atoms with Gasteiger partial charge in [0.15, 0.2) is 6.04 Å². The molecule has 0 radical (unpaired) electrons. The molecule has 0 bridgehead atoms. The third kappa shape index (κ3) is 9.62. The lowest BCUT2D eigenvalue weighted by Gasteiger charge is -2.29. The Bertz CT molecular complexity index is 625. The molecule has 11 heteroatoms. The lowest BCUT2D eigenvalue weighted by atomic mass is 9.96. The van der Waals surface area contributed by atoms with Crippen LogP contribution in [0.2, 0.25) is 0 Å². The van der Waals surface area contributed by atoms with Gasteiger partial charge in [-0.25, -0.2) is 4.79 Å². The SMILES string of the molecule is CCC(C)C(NC(=O)C(N)C(C)O)C(=O)NC(CC(C)C)C(=O)NC(C(=O)O)C(C)O. The first-order valence-corrected chi connectivity index (χ1v) is 10.5. The van der Waals surface area contributed by atoms with Crippen molar-refractivity contribution in [3.8, 4) is 0 Å². The summed E-state index contributed by atoms with van der Waals surface area (Å²) in [6, 6.07) is -4.86. The van der Waals surface area contributed by atoms with E-state index in [1.165, 1.54) is 13.8 Å². The van der Waals surface area contributed by atoms with Crippen molar-refractivity contribution in [1.29, 1.82) is 0 Å². The number of hydrogen-bond acceptors (Lipinski definition) is 7. The highest BCUT2D eigenvalue weighted by Crippen LogP contribution is 2.11. The van der Waals surface area contributed by atoms with Crippen LogP contribution in [0.1, 0.15) is 54.4 Å². The maximum atomic E-state index is 12.9. The molecule has 0 heterocycles. The highest BCUT2D eigenvalue weighted by Gasteiger charge is 2.34. The van der Waals surface area contributed by atoms with E-state index < -0.39 is 60.1 Å². The smallest absolute Gasteiger partial charge is 0.328 e. The van der Waals surface area contributed by atoms with Crippen molar-refractivity contribution < 1.29 is 34.5 Å². The Morgan fingerprint density at radius 1 is 0.806 bits per heavy atom. The fourth-order valence-electron chi connectivity index (χ4n) is 2.78. The number of aliphatic carboxylic acids is 1. The number of carbonyl (C=O) groups excluding carboxylic acids is 3. The summed E-state index contributed by atoms with van der Waals surface area (Å²) in [6.07, 6.45) is -1.72. The first-order valence-electron chi connectivity index (χ1n) is 10.5. The van der Waals surface area contributed by atoms with Gasteiger partial charge in [-0.3, -0.25) is 14.4 Å². The number of carboxylic acid groups (broad SMARTS) is 1. The maximum absolute atomic E-state index is 12.9. The highest BCUT2D eigenvalue weighted by molar-refractivity contribution is 5.94. The molecule has 180 valence electrons. The molecule has 7 atom stereocenters. The number of amides is 3. The van der Waals surface area contributed by atoms with Gasteiger partial charge in [0.05, 0.1) is 12.2 Å². The molecule has 0 aromatic rings. The number of nitrogens with one attached hydrogen (secondary N) is 3. The Morgan fingerprint density at radius 2 is 1.32 bits per heavy atom. The van der Waals surface area contributed by atoms with E-state index in [1.807, 2.05) is 20.8 Å². The van der Waals surface area contributed by atoms with Gasteiger partial charge in [0.2, 0.25) is 17.7 Å². The van der Waals surface area contributed by atoms with Crippen LogP contribution >= 0.6 is 0 Å². The minimum absolute atomic E-state index is 0.0221. The second-order valence-corrected chi connectivity index (χ2v) is 8.39. The van der Waals surface area contributed by atoms with Crippen molar-refractivity contribution in [2.24, 2.45) is 17.6 Å². The second kappa shape index (κ2) is 13.2. The molecular weight excluding hydrogens is 408 g/mol. The van der Waals surface area contributed by atoms with Gasteiger partial charge in [-0.05, 0) is 32.1 Å². The Balaban J connectivity index is 5.57. The van der Waals surface area contributed by atoms with E-state index in [0.29, 0.717) is 6.42 Å². The summed E-state index contributed by atoms with van der Waals surface area (Å²) in [6.45, 7) is 9.80. The van der Waals surface area contributed by atoms with Crippen LogP contribution in [0.5, 0.6) is 0 Å². The van der Waals surface area contributed by atoms with Gasteiger partial charge >= 0.3 is 5.97 Å². The number of hydrogen-bond donors (Lipinski definition) is 7. The van der Waals surface area contributed by atoms with E-state index in [0.717, 1.165) is 0 Å². The molecule has 0 aliphatic carbocycles. The largest absolute Gasteiger partial charge is 0.480 e. The molecule has 0 fully saturated rings. The van der Waals surface area contributed by atoms with Crippen LogP contribution in [0.15, 0.2) is 0 Å². The van der Waals surface area contributed by atoms with Crippen molar-refractivity contribution in [2.75, 3.05) is 0 Å². The lowest BCUT2D eigenvalue weighted by Crippen LogP contribution is -2.60. The van der Waals surface area contributed by atoms with E-state index in [9.17, 15) is 34.5 Å². The second-order valence-electron chi connectivity index (χ2n) is 8.39. The summed E-state index contributed by atoms with van der Waals surface area (Å²) >= 11 is 0. The fraction of sp³-hybridized carbons (Fsp3) is 0.800. The zero-order chi connectivity index (χ0) is 24.5. The van der Waals surface area contributed by atoms with Gasteiger partial charge < -0.3 is 37.0 Å². The Labute approximate surface area is 183 Å².